The fraction of sp³-hybridized carbons (Fsp3) is 0.571. The molecular weight excluding hydrogens is 256 g/mol. The summed E-state index contributed by atoms with van der Waals surface area (Å²) < 4.78 is 0. The first-order chi connectivity index (χ1) is 9.20. The van der Waals surface area contributed by atoms with E-state index in [1.807, 2.05) is 7.05 Å². The Kier molecular flexibility index (Phi) is 3.41. The number of fused-ring (bicyclic) bond motifs is 1. The second-order valence-electron chi connectivity index (χ2n) is 5.32. The maximum atomic E-state index is 4.56. The van der Waals surface area contributed by atoms with Crippen molar-refractivity contribution < 1.29 is 0 Å². The fourth-order valence-corrected chi connectivity index (χ4v) is 3.88. The van der Waals surface area contributed by atoms with Crippen LogP contribution < -0.4 is 10.2 Å². The van der Waals surface area contributed by atoms with Gasteiger partial charge >= 0.3 is 0 Å². The highest BCUT2D eigenvalue weighted by atomic mass is 32.1. The number of aryl methyl sites for hydroxylation is 2. The summed E-state index contributed by atoms with van der Waals surface area (Å²) >= 11 is 1.77. The predicted octanol–water partition coefficient (Wildman–Crippen LogP) is 2.35. The van der Waals surface area contributed by atoms with E-state index in [1.165, 1.54) is 22.2 Å². The summed E-state index contributed by atoms with van der Waals surface area (Å²) in [4.78, 5) is 13.9. The van der Waals surface area contributed by atoms with Crippen LogP contribution in [-0.4, -0.2) is 36.6 Å². The van der Waals surface area contributed by atoms with Crippen LogP contribution in [0.25, 0.3) is 10.2 Å². The van der Waals surface area contributed by atoms with Crippen molar-refractivity contribution in [3.05, 3.63) is 16.8 Å². The summed E-state index contributed by atoms with van der Waals surface area (Å²) in [5.41, 5.74) is 1.34. The van der Waals surface area contributed by atoms with Crippen LogP contribution in [0.4, 0.5) is 5.82 Å². The Bertz CT molecular complexity index is 592. The first kappa shape index (κ1) is 12.8. The zero-order chi connectivity index (χ0) is 13.4. The van der Waals surface area contributed by atoms with Gasteiger partial charge in [-0.05, 0) is 45.3 Å². The van der Waals surface area contributed by atoms with Gasteiger partial charge in [0.05, 0.1) is 5.39 Å². The Balaban J connectivity index is 1.97. The average molecular weight is 276 g/mol. The molecular formula is C14H20N4S. The molecule has 3 heterocycles. The molecule has 1 N–H and O–H groups in total. The number of hydrogen-bond donors (Lipinski definition) is 1. The SMILES string of the molecule is CNCC1CCN(c2ncnc3sc(C)c(C)c23)C1. The number of aromatic nitrogens is 2. The van der Waals surface area contributed by atoms with Gasteiger partial charge in [0.1, 0.15) is 17.0 Å². The Morgan fingerprint density at radius 2 is 2.26 bits per heavy atom. The topological polar surface area (TPSA) is 41.0 Å². The van der Waals surface area contributed by atoms with Gasteiger partial charge in [-0.3, -0.25) is 0 Å². The van der Waals surface area contributed by atoms with E-state index in [9.17, 15) is 0 Å². The molecule has 1 aliphatic rings. The highest BCUT2D eigenvalue weighted by molar-refractivity contribution is 7.18. The van der Waals surface area contributed by atoms with E-state index in [1.54, 1.807) is 17.7 Å². The fourth-order valence-electron chi connectivity index (χ4n) is 2.88. The summed E-state index contributed by atoms with van der Waals surface area (Å²) in [6.07, 6.45) is 2.95. The molecule has 4 nitrogen and oxygen atoms in total. The van der Waals surface area contributed by atoms with Gasteiger partial charge in [0.25, 0.3) is 0 Å². The Morgan fingerprint density at radius 3 is 3.05 bits per heavy atom. The third kappa shape index (κ3) is 2.21. The van der Waals surface area contributed by atoms with Crippen LogP contribution in [0.5, 0.6) is 0 Å². The molecule has 19 heavy (non-hydrogen) atoms. The molecule has 0 aromatic carbocycles. The first-order valence-electron chi connectivity index (χ1n) is 6.81. The van der Waals surface area contributed by atoms with Crippen LogP contribution in [0.2, 0.25) is 0 Å². The van der Waals surface area contributed by atoms with Gasteiger partial charge in [-0.15, -0.1) is 11.3 Å². The molecule has 0 aliphatic carbocycles. The molecule has 0 amide bonds. The third-order valence-corrected chi connectivity index (χ3v) is 5.14. The molecule has 3 rings (SSSR count). The number of anilines is 1. The van der Waals surface area contributed by atoms with Crippen molar-refractivity contribution in [2.24, 2.45) is 5.92 Å². The van der Waals surface area contributed by atoms with Gasteiger partial charge < -0.3 is 10.2 Å². The minimum atomic E-state index is 0.732. The van der Waals surface area contributed by atoms with Crippen LogP contribution in [0, 0.1) is 19.8 Å². The number of nitrogens with one attached hydrogen (secondary N) is 1. The van der Waals surface area contributed by atoms with Crippen LogP contribution in [0.3, 0.4) is 0 Å². The van der Waals surface area contributed by atoms with Gasteiger partial charge in [-0.1, -0.05) is 0 Å². The summed E-state index contributed by atoms with van der Waals surface area (Å²) in [6.45, 7) is 7.64. The predicted molar refractivity (Wildman–Crippen MR) is 81.1 cm³/mol. The van der Waals surface area contributed by atoms with Crippen molar-refractivity contribution >= 4 is 27.4 Å². The maximum Gasteiger partial charge on any atom is 0.141 e. The van der Waals surface area contributed by atoms with Crippen LogP contribution in [-0.2, 0) is 0 Å². The molecule has 1 unspecified atom stereocenters. The lowest BCUT2D eigenvalue weighted by atomic mass is 10.1. The smallest absolute Gasteiger partial charge is 0.141 e. The van der Waals surface area contributed by atoms with Gasteiger partial charge in [-0.2, -0.15) is 0 Å². The third-order valence-electron chi connectivity index (χ3n) is 4.02. The van der Waals surface area contributed by atoms with E-state index < -0.39 is 0 Å². The summed E-state index contributed by atoms with van der Waals surface area (Å²) in [6, 6.07) is 0. The Hall–Kier alpha value is -1.20. The lowest BCUT2D eigenvalue weighted by Crippen LogP contribution is -2.25. The highest BCUT2D eigenvalue weighted by Gasteiger charge is 2.25. The number of hydrogen-bond acceptors (Lipinski definition) is 5. The van der Waals surface area contributed by atoms with E-state index in [0.717, 1.165) is 36.2 Å². The van der Waals surface area contributed by atoms with Gasteiger partial charge in [0.2, 0.25) is 0 Å². The second kappa shape index (κ2) is 5.06. The molecule has 2 aromatic rings. The lowest BCUT2D eigenvalue weighted by Gasteiger charge is -2.18. The molecule has 1 fully saturated rings. The summed E-state index contributed by atoms with van der Waals surface area (Å²) in [7, 11) is 2.03. The number of nitrogens with zero attached hydrogens (tertiary/aromatic N) is 3. The zero-order valence-corrected chi connectivity index (χ0v) is 12.5. The van der Waals surface area contributed by atoms with Crippen molar-refractivity contribution in [3.63, 3.8) is 0 Å². The molecule has 1 saturated heterocycles. The molecule has 1 aliphatic heterocycles. The van der Waals surface area contributed by atoms with Crippen LogP contribution in [0.1, 0.15) is 16.9 Å². The molecule has 102 valence electrons. The number of thiophene rings is 1. The molecule has 0 spiro atoms. The summed E-state index contributed by atoms with van der Waals surface area (Å²) in [5, 5.41) is 4.54. The minimum absolute atomic E-state index is 0.732. The van der Waals surface area contributed by atoms with E-state index >= 15 is 0 Å². The van der Waals surface area contributed by atoms with Crippen LogP contribution in [0.15, 0.2) is 6.33 Å². The average Bonchev–Trinajstić information content (AvgIpc) is 2.96. The van der Waals surface area contributed by atoms with E-state index in [-0.39, 0.29) is 0 Å². The highest BCUT2D eigenvalue weighted by Crippen LogP contribution is 2.35. The molecule has 0 saturated carbocycles. The zero-order valence-electron chi connectivity index (χ0n) is 11.7. The summed E-state index contributed by atoms with van der Waals surface area (Å²) in [5.74, 6) is 1.86. The normalized spacial score (nSPS) is 19.5. The number of rotatable bonds is 3. The Labute approximate surface area is 117 Å². The standard InChI is InChI=1S/C14H20N4S/c1-9-10(2)19-14-12(9)13(16-8-17-14)18-5-4-11(7-18)6-15-3/h8,11,15H,4-7H2,1-3H3. The molecule has 5 heteroatoms. The molecule has 2 aromatic heterocycles. The van der Waals surface area contributed by atoms with Crippen molar-refractivity contribution in [1.29, 1.82) is 0 Å². The van der Waals surface area contributed by atoms with Gasteiger partial charge in [-0.25, -0.2) is 9.97 Å². The van der Waals surface area contributed by atoms with Gasteiger partial charge in [0, 0.05) is 18.0 Å². The quantitative estimate of drug-likeness (QED) is 0.934. The molecule has 0 bridgehead atoms. The minimum Gasteiger partial charge on any atom is -0.356 e. The Morgan fingerprint density at radius 1 is 1.42 bits per heavy atom. The largest absolute Gasteiger partial charge is 0.356 e. The second-order valence-corrected chi connectivity index (χ2v) is 6.52. The molecule has 1 atom stereocenters. The first-order valence-corrected chi connectivity index (χ1v) is 7.62. The van der Waals surface area contributed by atoms with Gasteiger partial charge in [0.15, 0.2) is 0 Å². The van der Waals surface area contributed by atoms with Crippen molar-refractivity contribution in [2.45, 2.75) is 20.3 Å². The van der Waals surface area contributed by atoms with Crippen LogP contribution >= 0.6 is 11.3 Å². The van der Waals surface area contributed by atoms with E-state index in [0.29, 0.717) is 0 Å². The van der Waals surface area contributed by atoms with E-state index in [2.05, 4.69) is 34.0 Å². The maximum absolute atomic E-state index is 4.56. The van der Waals surface area contributed by atoms with Crippen molar-refractivity contribution in [1.82, 2.24) is 15.3 Å². The van der Waals surface area contributed by atoms with Crippen molar-refractivity contribution in [2.75, 3.05) is 31.6 Å². The van der Waals surface area contributed by atoms with Crippen molar-refractivity contribution in [3.8, 4) is 0 Å². The molecule has 0 radical (unpaired) electrons. The van der Waals surface area contributed by atoms with E-state index in [4.69, 9.17) is 0 Å². The lowest BCUT2D eigenvalue weighted by molar-refractivity contribution is 0.549. The monoisotopic (exact) mass is 276 g/mol.